The van der Waals surface area contributed by atoms with Crippen LogP contribution in [-0.4, -0.2) is 33.0 Å². The van der Waals surface area contributed by atoms with Crippen LogP contribution in [0.3, 0.4) is 0 Å². The minimum absolute atomic E-state index is 0.0999. The van der Waals surface area contributed by atoms with Gasteiger partial charge >= 0.3 is 0 Å². The molecule has 0 saturated heterocycles. The van der Waals surface area contributed by atoms with Crippen LogP contribution in [0.1, 0.15) is 81.6 Å². The van der Waals surface area contributed by atoms with Gasteiger partial charge in [-0.1, -0.05) is 82.4 Å². The Morgan fingerprint density at radius 1 is 1.00 bits per heavy atom. The smallest absolute Gasteiger partial charge is 0.177 e. The molecule has 0 aromatic carbocycles. The van der Waals surface area contributed by atoms with Crippen molar-refractivity contribution >= 4 is 11.6 Å². The molecule has 0 aromatic heterocycles. The van der Waals surface area contributed by atoms with Crippen LogP contribution < -0.4 is 0 Å². The van der Waals surface area contributed by atoms with Crippen molar-refractivity contribution in [1.82, 2.24) is 0 Å². The van der Waals surface area contributed by atoms with E-state index in [1.54, 1.807) is 0 Å². The summed E-state index contributed by atoms with van der Waals surface area (Å²) >= 11 is 0. The Balaban J connectivity index is 2.45. The lowest BCUT2D eigenvalue weighted by atomic mass is 9.74. The first-order valence-electron chi connectivity index (χ1n) is 12.6. The largest absolute Gasteiger partial charge is 0.383 e. The SMILES string of the molecule is CC\C=C1/C(=C\C=C/CC(=O)C(C)(C)O)C(C)(C)CC1(C)C1=CC=CC(C)(C(=O)C(C)(C)O)C=C1. The average molecular weight is 481 g/mol. The van der Waals surface area contributed by atoms with E-state index in [1.807, 2.05) is 43.4 Å². The van der Waals surface area contributed by atoms with Gasteiger partial charge in [-0.25, -0.2) is 0 Å². The highest BCUT2D eigenvalue weighted by molar-refractivity contribution is 5.95. The van der Waals surface area contributed by atoms with Crippen molar-refractivity contribution in [3.05, 3.63) is 71.4 Å². The van der Waals surface area contributed by atoms with E-state index in [0.717, 1.165) is 18.4 Å². The van der Waals surface area contributed by atoms with Crippen molar-refractivity contribution in [2.24, 2.45) is 16.2 Å². The third-order valence-electron chi connectivity index (χ3n) is 7.21. The lowest BCUT2D eigenvalue weighted by Gasteiger charge is -2.30. The molecule has 1 fully saturated rings. The molecule has 4 heteroatoms. The van der Waals surface area contributed by atoms with E-state index in [0.29, 0.717) is 0 Å². The average Bonchev–Trinajstić information content (AvgIpc) is 2.84. The second kappa shape index (κ2) is 9.99. The highest BCUT2D eigenvalue weighted by atomic mass is 16.3. The summed E-state index contributed by atoms with van der Waals surface area (Å²) < 4.78 is 0. The molecule has 2 unspecified atom stereocenters. The van der Waals surface area contributed by atoms with Gasteiger partial charge in [0, 0.05) is 11.8 Å². The quantitative estimate of drug-likeness (QED) is 0.423. The van der Waals surface area contributed by atoms with Gasteiger partial charge in [-0.05, 0) is 69.6 Å². The third-order valence-corrected chi connectivity index (χ3v) is 7.21. The van der Waals surface area contributed by atoms with Gasteiger partial charge in [0.05, 0.1) is 5.41 Å². The molecule has 1 saturated carbocycles. The van der Waals surface area contributed by atoms with Crippen LogP contribution in [0.2, 0.25) is 0 Å². The van der Waals surface area contributed by atoms with Gasteiger partial charge in [-0.15, -0.1) is 0 Å². The van der Waals surface area contributed by atoms with Crippen LogP contribution in [0.4, 0.5) is 0 Å². The van der Waals surface area contributed by atoms with E-state index in [2.05, 4.69) is 45.9 Å². The van der Waals surface area contributed by atoms with E-state index in [9.17, 15) is 19.8 Å². The molecular weight excluding hydrogens is 436 g/mol. The minimum atomic E-state index is -1.42. The molecule has 0 amide bonds. The molecule has 2 N–H and O–H groups in total. The van der Waals surface area contributed by atoms with Crippen LogP contribution in [-0.2, 0) is 9.59 Å². The fourth-order valence-corrected chi connectivity index (χ4v) is 5.34. The lowest BCUT2D eigenvalue weighted by molar-refractivity contribution is -0.139. The predicted molar refractivity (Wildman–Crippen MR) is 144 cm³/mol. The summed E-state index contributed by atoms with van der Waals surface area (Å²) in [5.74, 6) is -0.448. The Morgan fingerprint density at radius 2 is 1.63 bits per heavy atom. The standard InChI is InChI=1S/C31H44O4/c1-10-14-24-23(16-11-12-17-25(32)28(4,5)34)27(2,3)21-31(24,9)22-15-13-19-30(8,20-18-22)26(33)29(6,7)35/h11-16,18-20,34-35H,10,17,21H2,1-9H3/b12-11-,23-16+,24-14+. The minimum Gasteiger partial charge on any atom is -0.383 e. The van der Waals surface area contributed by atoms with Crippen molar-refractivity contribution in [3.63, 3.8) is 0 Å². The maximum Gasteiger partial charge on any atom is 0.177 e. The first kappa shape index (κ1) is 28.9. The normalized spacial score (nSPS) is 29.2. The van der Waals surface area contributed by atoms with Crippen molar-refractivity contribution in [1.29, 1.82) is 0 Å². The Bertz CT molecular complexity index is 1030. The van der Waals surface area contributed by atoms with Crippen molar-refractivity contribution in [2.45, 2.75) is 92.8 Å². The molecule has 0 radical (unpaired) electrons. The van der Waals surface area contributed by atoms with Crippen molar-refractivity contribution in [2.75, 3.05) is 0 Å². The predicted octanol–water partition coefficient (Wildman–Crippen LogP) is 6.37. The van der Waals surface area contributed by atoms with E-state index in [-0.39, 0.29) is 28.8 Å². The van der Waals surface area contributed by atoms with Gasteiger partial charge < -0.3 is 10.2 Å². The summed E-state index contributed by atoms with van der Waals surface area (Å²) in [4.78, 5) is 25.0. The Morgan fingerprint density at radius 3 is 2.17 bits per heavy atom. The molecule has 0 bridgehead atoms. The molecule has 2 aliphatic carbocycles. The zero-order chi connectivity index (χ0) is 26.9. The number of rotatable bonds is 8. The summed E-state index contributed by atoms with van der Waals surface area (Å²) in [6.07, 6.45) is 19.9. The van der Waals surface area contributed by atoms with Crippen LogP contribution in [0.25, 0.3) is 0 Å². The topological polar surface area (TPSA) is 74.6 Å². The number of allylic oxidation sites excluding steroid dienone is 12. The van der Waals surface area contributed by atoms with E-state index in [1.165, 1.54) is 38.8 Å². The third kappa shape index (κ3) is 6.29. The molecule has 35 heavy (non-hydrogen) atoms. The van der Waals surface area contributed by atoms with E-state index in [4.69, 9.17) is 0 Å². The van der Waals surface area contributed by atoms with Gasteiger partial charge in [0.1, 0.15) is 11.2 Å². The number of carbonyl (C=O) groups is 2. The number of ketones is 2. The molecule has 192 valence electrons. The Hall–Kier alpha value is -2.30. The number of hydrogen-bond donors (Lipinski definition) is 2. The molecular formula is C31H44O4. The van der Waals surface area contributed by atoms with E-state index >= 15 is 0 Å². The fourth-order valence-electron chi connectivity index (χ4n) is 5.34. The zero-order valence-corrected chi connectivity index (χ0v) is 23.0. The van der Waals surface area contributed by atoms with Crippen LogP contribution in [0, 0.1) is 16.2 Å². The number of aliphatic hydroxyl groups is 2. The van der Waals surface area contributed by atoms with E-state index < -0.39 is 16.6 Å². The monoisotopic (exact) mass is 480 g/mol. The number of carbonyl (C=O) groups excluding carboxylic acids is 2. The van der Waals surface area contributed by atoms with Crippen LogP contribution in [0.15, 0.2) is 71.4 Å². The Labute approximate surface area is 211 Å². The number of Topliss-reactive ketones (excluding diaryl/α,β-unsaturated/α-hetero) is 2. The summed E-state index contributed by atoms with van der Waals surface area (Å²) in [5, 5.41) is 20.2. The second-order valence-electron chi connectivity index (χ2n) is 12.1. The van der Waals surface area contributed by atoms with Crippen molar-refractivity contribution in [3.8, 4) is 0 Å². The summed E-state index contributed by atoms with van der Waals surface area (Å²) in [6.45, 7) is 16.8. The van der Waals surface area contributed by atoms with Gasteiger partial charge in [0.15, 0.2) is 11.6 Å². The molecule has 2 atom stereocenters. The highest BCUT2D eigenvalue weighted by Crippen LogP contribution is 2.60. The van der Waals surface area contributed by atoms with Gasteiger partial charge in [0.2, 0.25) is 0 Å². The fraction of sp³-hybridized carbons (Fsp3) is 0.548. The highest BCUT2D eigenvalue weighted by Gasteiger charge is 2.49. The zero-order valence-electron chi connectivity index (χ0n) is 23.0. The second-order valence-corrected chi connectivity index (χ2v) is 12.1. The molecule has 0 spiro atoms. The molecule has 2 aliphatic rings. The molecule has 0 aliphatic heterocycles. The molecule has 0 aromatic rings. The van der Waals surface area contributed by atoms with Crippen LogP contribution >= 0.6 is 0 Å². The summed E-state index contributed by atoms with van der Waals surface area (Å²) in [6, 6.07) is 0. The first-order chi connectivity index (χ1) is 15.9. The van der Waals surface area contributed by atoms with Crippen LogP contribution in [0.5, 0.6) is 0 Å². The summed E-state index contributed by atoms with van der Waals surface area (Å²) in [7, 11) is 0. The first-order valence-corrected chi connectivity index (χ1v) is 12.6. The maximum atomic E-state index is 12.9. The lowest BCUT2D eigenvalue weighted by Crippen LogP contribution is -2.41. The molecule has 0 heterocycles. The maximum absolute atomic E-state index is 12.9. The van der Waals surface area contributed by atoms with Gasteiger partial charge in [-0.2, -0.15) is 0 Å². The molecule has 4 nitrogen and oxygen atoms in total. The Kier molecular flexibility index (Phi) is 8.25. The van der Waals surface area contributed by atoms with Crippen molar-refractivity contribution < 1.29 is 19.8 Å². The summed E-state index contributed by atoms with van der Waals surface area (Å²) in [5.41, 5.74) is -0.388. The molecule has 2 rings (SSSR count). The van der Waals surface area contributed by atoms with Gasteiger partial charge in [-0.3, -0.25) is 9.59 Å². The van der Waals surface area contributed by atoms with Gasteiger partial charge in [0.25, 0.3) is 0 Å². The number of hydrogen-bond acceptors (Lipinski definition) is 4.